The number of aromatic nitrogens is 2. The Kier molecular flexibility index (Phi) is 3.33. The molecular formula is C13H21N3O. The third kappa shape index (κ3) is 2.57. The van der Waals surface area contributed by atoms with Crippen LogP contribution in [0.15, 0.2) is 12.3 Å². The molecule has 17 heavy (non-hydrogen) atoms. The predicted octanol–water partition coefficient (Wildman–Crippen LogP) is 1.85. The van der Waals surface area contributed by atoms with Gasteiger partial charge in [-0.1, -0.05) is 12.8 Å². The van der Waals surface area contributed by atoms with Crippen LogP contribution < -0.4 is 5.73 Å². The molecule has 0 atom stereocenters. The van der Waals surface area contributed by atoms with Gasteiger partial charge in [-0.05, 0) is 32.8 Å². The van der Waals surface area contributed by atoms with Gasteiger partial charge in [0.15, 0.2) is 5.78 Å². The second-order valence-corrected chi connectivity index (χ2v) is 5.34. The van der Waals surface area contributed by atoms with E-state index in [1.165, 1.54) is 0 Å². The Morgan fingerprint density at radius 2 is 2.18 bits per heavy atom. The molecule has 1 aliphatic carbocycles. The Bertz CT molecular complexity index is 403. The van der Waals surface area contributed by atoms with Crippen LogP contribution in [0, 0.1) is 0 Å². The van der Waals surface area contributed by atoms with Crippen LogP contribution in [0.3, 0.4) is 0 Å². The van der Waals surface area contributed by atoms with Crippen LogP contribution in [0.4, 0.5) is 0 Å². The van der Waals surface area contributed by atoms with Crippen LogP contribution in [-0.4, -0.2) is 21.1 Å². The third-order valence-electron chi connectivity index (χ3n) is 3.59. The molecule has 0 amide bonds. The molecule has 1 aromatic heterocycles. The van der Waals surface area contributed by atoms with Crippen LogP contribution in [0.2, 0.25) is 0 Å². The van der Waals surface area contributed by atoms with Gasteiger partial charge in [0.2, 0.25) is 0 Å². The zero-order valence-corrected chi connectivity index (χ0v) is 10.6. The van der Waals surface area contributed by atoms with Gasteiger partial charge < -0.3 is 5.73 Å². The van der Waals surface area contributed by atoms with E-state index in [-0.39, 0.29) is 5.78 Å². The van der Waals surface area contributed by atoms with Crippen LogP contribution in [-0.2, 0) is 11.2 Å². The number of hydrogen-bond donors (Lipinski definition) is 1. The number of hydrogen-bond acceptors (Lipinski definition) is 3. The summed E-state index contributed by atoms with van der Waals surface area (Å²) in [5.41, 5.74) is 6.38. The Morgan fingerprint density at radius 1 is 1.53 bits per heavy atom. The van der Waals surface area contributed by atoms with Gasteiger partial charge >= 0.3 is 0 Å². The van der Waals surface area contributed by atoms with Crippen molar-refractivity contribution in [1.29, 1.82) is 0 Å². The molecule has 0 spiro atoms. The lowest BCUT2D eigenvalue weighted by molar-refractivity contribution is -0.123. The minimum Gasteiger partial charge on any atom is -0.319 e. The summed E-state index contributed by atoms with van der Waals surface area (Å²) in [6.45, 7) is 4.14. The molecule has 2 N–H and O–H groups in total. The van der Waals surface area contributed by atoms with E-state index in [0.717, 1.165) is 31.4 Å². The van der Waals surface area contributed by atoms with Crippen molar-refractivity contribution < 1.29 is 4.79 Å². The maximum atomic E-state index is 12.1. The second kappa shape index (κ2) is 4.61. The molecule has 0 aliphatic heterocycles. The summed E-state index contributed by atoms with van der Waals surface area (Å²) in [6.07, 6.45) is 6.10. The number of Topliss-reactive ketones (excluding diaryl/α,β-unsaturated/α-hetero) is 1. The van der Waals surface area contributed by atoms with Crippen molar-refractivity contribution in [2.75, 3.05) is 0 Å². The van der Waals surface area contributed by atoms with E-state index < -0.39 is 5.54 Å². The number of ketones is 1. The molecule has 1 saturated carbocycles. The Balaban J connectivity index is 2.02. The largest absolute Gasteiger partial charge is 0.319 e. The first-order valence-electron chi connectivity index (χ1n) is 6.37. The number of carbonyl (C=O) groups is 1. The number of carbonyl (C=O) groups excluding carboxylic acids is 1. The second-order valence-electron chi connectivity index (χ2n) is 5.34. The molecule has 4 nitrogen and oxygen atoms in total. The fourth-order valence-corrected chi connectivity index (χ4v) is 2.38. The molecule has 1 aliphatic rings. The van der Waals surface area contributed by atoms with Crippen LogP contribution in [0.1, 0.15) is 51.3 Å². The maximum Gasteiger partial charge on any atom is 0.158 e. The van der Waals surface area contributed by atoms with Crippen molar-refractivity contribution in [3.05, 3.63) is 18.0 Å². The van der Waals surface area contributed by atoms with Crippen molar-refractivity contribution in [1.82, 2.24) is 9.78 Å². The number of nitrogens with two attached hydrogens (primary N) is 1. The quantitative estimate of drug-likeness (QED) is 0.866. The lowest BCUT2D eigenvalue weighted by Crippen LogP contribution is -2.46. The van der Waals surface area contributed by atoms with Gasteiger partial charge in [-0.15, -0.1) is 0 Å². The van der Waals surface area contributed by atoms with E-state index in [1.54, 1.807) is 0 Å². The van der Waals surface area contributed by atoms with Crippen LogP contribution in [0.25, 0.3) is 0 Å². The lowest BCUT2D eigenvalue weighted by Gasteiger charge is -2.20. The molecule has 0 radical (unpaired) electrons. The summed E-state index contributed by atoms with van der Waals surface area (Å²) < 4.78 is 1.88. The van der Waals surface area contributed by atoms with Gasteiger partial charge in [0.25, 0.3) is 0 Å². The lowest BCUT2D eigenvalue weighted by atomic mass is 9.91. The molecule has 0 aromatic carbocycles. The molecule has 94 valence electrons. The van der Waals surface area contributed by atoms with E-state index in [2.05, 4.69) is 18.9 Å². The van der Waals surface area contributed by atoms with E-state index in [4.69, 9.17) is 5.73 Å². The van der Waals surface area contributed by atoms with Crippen LogP contribution >= 0.6 is 0 Å². The zero-order chi connectivity index (χ0) is 12.5. The number of rotatable bonds is 4. The predicted molar refractivity (Wildman–Crippen MR) is 66.7 cm³/mol. The highest BCUT2D eigenvalue weighted by Gasteiger charge is 2.36. The highest BCUT2D eigenvalue weighted by atomic mass is 16.1. The van der Waals surface area contributed by atoms with E-state index >= 15 is 0 Å². The van der Waals surface area contributed by atoms with Crippen molar-refractivity contribution >= 4 is 5.78 Å². The van der Waals surface area contributed by atoms with Gasteiger partial charge in [-0.25, -0.2) is 0 Å². The van der Waals surface area contributed by atoms with Crippen molar-refractivity contribution in [3.63, 3.8) is 0 Å². The smallest absolute Gasteiger partial charge is 0.158 e. The van der Waals surface area contributed by atoms with Gasteiger partial charge in [-0.2, -0.15) is 5.10 Å². The van der Waals surface area contributed by atoms with Crippen LogP contribution in [0.5, 0.6) is 0 Å². The SMILES string of the molecule is CC(C)n1ccc(CC(=O)C2(N)CCCC2)n1. The first-order chi connectivity index (χ1) is 8.01. The minimum atomic E-state index is -0.582. The summed E-state index contributed by atoms with van der Waals surface area (Å²) in [6, 6.07) is 2.24. The average Bonchev–Trinajstić information content (AvgIpc) is 2.88. The molecular weight excluding hydrogens is 214 g/mol. The zero-order valence-electron chi connectivity index (χ0n) is 10.6. The van der Waals surface area contributed by atoms with Crippen molar-refractivity contribution in [3.8, 4) is 0 Å². The molecule has 2 rings (SSSR count). The Hall–Kier alpha value is -1.16. The van der Waals surface area contributed by atoms with Gasteiger partial charge in [0.05, 0.1) is 17.7 Å². The molecule has 4 heteroatoms. The minimum absolute atomic E-state index is 0.143. The summed E-state index contributed by atoms with van der Waals surface area (Å²) in [7, 11) is 0. The molecule has 0 bridgehead atoms. The summed E-state index contributed by atoms with van der Waals surface area (Å²) in [5.74, 6) is 0.143. The fourth-order valence-electron chi connectivity index (χ4n) is 2.38. The molecule has 0 saturated heterocycles. The molecule has 0 unspecified atom stereocenters. The van der Waals surface area contributed by atoms with Crippen molar-refractivity contribution in [2.24, 2.45) is 5.73 Å². The first-order valence-corrected chi connectivity index (χ1v) is 6.37. The number of nitrogens with zero attached hydrogens (tertiary/aromatic N) is 2. The van der Waals surface area contributed by atoms with Gasteiger partial charge in [0.1, 0.15) is 0 Å². The van der Waals surface area contributed by atoms with Gasteiger partial charge in [-0.3, -0.25) is 9.48 Å². The molecule has 1 aromatic rings. The molecule has 1 heterocycles. The highest BCUT2D eigenvalue weighted by molar-refractivity contribution is 5.89. The first kappa shape index (κ1) is 12.3. The van der Waals surface area contributed by atoms with E-state index in [0.29, 0.717) is 12.5 Å². The topological polar surface area (TPSA) is 60.9 Å². The Labute approximate surface area is 102 Å². The van der Waals surface area contributed by atoms with E-state index in [9.17, 15) is 4.79 Å². The monoisotopic (exact) mass is 235 g/mol. The van der Waals surface area contributed by atoms with E-state index in [1.807, 2.05) is 16.9 Å². The summed E-state index contributed by atoms with van der Waals surface area (Å²) >= 11 is 0. The van der Waals surface area contributed by atoms with Crippen molar-refractivity contribution in [2.45, 2.75) is 57.5 Å². The summed E-state index contributed by atoms with van der Waals surface area (Å²) in [4.78, 5) is 12.1. The molecule has 1 fully saturated rings. The van der Waals surface area contributed by atoms with Gasteiger partial charge in [0, 0.05) is 12.2 Å². The maximum absolute atomic E-state index is 12.1. The summed E-state index contributed by atoms with van der Waals surface area (Å²) in [5, 5.41) is 4.39. The Morgan fingerprint density at radius 3 is 2.71 bits per heavy atom. The third-order valence-corrected chi connectivity index (χ3v) is 3.59. The average molecular weight is 235 g/mol. The standard InChI is InChI=1S/C13H21N3O/c1-10(2)16-8-5-11(15-16)9-12(17)13(14)6-3-4-7-13/h5,8,10H,3-4,6-7,9,14H2,1-2H3. The normalized spacial score (nSPS) is 18.8. The highest BCUT2D eigenvalue weighted by Crippen LogP contribution is 2.28. The fraction of sp³-hybridized carbons (Fsp3) is 0.692.